The first-order chi connectivity index (χ1) is 8.07. The first-order valence-electron chi connectivity index (χ1n) is 6.61. The summed E-state index contributed by atoms with van der Waals surface area (Å²) >= 11 is 0. The zero-order valence-corrected chi connectivity index (χ0v) is 11.3. The van der Waals surface area contributed by atoms with Gasteiger partial charge in [-0.2, -0.15) is 0 Å². The lowest BCUT2D eigenvalue weighted by Crippen LogP contribution is -2.16. The second-order valence-electron chi connectivity index (χ2n) is 5.56. The molecular formula is C16H24O. The van der Waals surface area contributed by atoms with E-state index >= 15 is 0 Å². The van der Waals surface area contributed by atoms with Gasteiger partial charge in [-0.1, -0.05) is 57.9 Å². The monoisotopic (exact) mass is 232 g/mol. The third kappa shape index (κ3) is 5.16. The Morgan fingerprint density at radius 1 is 1.06 bits per heavy atom. The lowest BCUT2D eigenvalue weighted by molar-refractivity contribution is -0.114. The molecule has 0 aliphatic rings. The summed E-state index contributed by atoms with van der Waals surface area (Å²) in [5, 5.41) is 0. The molecule has 0 aliphatic heterocycles. The van der Waals surface area contributed by atoms with Crippen LogP contribution in [0.2, 0.25) is 0 Å². The number of rotatable bonds is 7. The van der Waals surface area contributed by atoms with E-state index in [1.54, 1.807) is 0 Å². The van der Waals surface area contributed by atoms with Crippen molar-refractivity contribution in [2.75, 3.05) is 0 Å². The predicted molar refractivity (Wildman–Crippen MR) is 73.2 cm³/mol. The first-order valence-corrected chi connectivity index (χ1v) is 6.61. The van der Waals surface area contributed by atoms with E-state index in [-0.39, 0.29) is 5.41 Å². The van der Waals surface area contributed by atoms with Gasteiger partial charge in [0.25, 0.3) is 0 Å². The zero-order chi connectivity index (χ0) is 12.7. The highest BCUT2D eigenvalue weighted by Crippen LogP contribution is 2.19. The highest BCUT2D eigenvalue weighted by Gasteiger charge is 2.16. The maximum Gasteiger partial charge on any atom is 0.125 e. The minimum atomic E-state index is -0.246. The molecule has 0 fully saturated rings. The third-order valence-electron chi connectivity index (χ3n) is 3.07. The van der Waals surface area contributed by atoms with Crippen molar-refractivity contribution in [3.8, 4) is 0 Å². The molecule has 1 heteroatoms. The van der Waals surface area contributed by atoms with Gasteiger partial charge in [-0.25, -0.2) is 0 Å². The normalized spacial score (nSPS) is 11.5. The summed E-state index contributed by atoms with van der Waals surface area (Å²) in [4.78, 5) is 10.9. The van der Waals surface area contributed by atoms with Crippen molar-refractivity contribution < 1.29 is 4.79 Å². The van der Waals surface area contributed by atoms with Gasteiger partial charge in [-0.05, 0) is 30.4 Å². The van der Waals surface area contributed by atoms with Crippen LogP contribution in [0.1, 0.15) is 51.2 Å². The fourth-order valence-corrected chi connectivity index (χ4v) is 1.97. The van der Waals surface area contributed by atoms with E-state index < -0.39 is 0 Å². The molecule has 0 saturated carbocycles. The third-order valence-corrected chi connectivity index (χ3v) is 3.07. The molecule has 0 unspecified atom stereocenters. The average molecular weight is 232 g/mol. The highest BCUT2D eigenvalue weighted by atomic mass is 16.1. The molecule has 0 atom stereocenters. The number of aryl methyl sites for hydroxylation is 1. The Kier molecular flexibility index (Phi) is 5.40. The van der Waals surface area contributed by atoms with E-state index in [1.807, 2.05) is 13.8 Å². The summed E-state index contributed by atoms with van der Waals surface area (Å²) in [6, 6.07) is 8.72. The Labute approximate surface area is 105 Å². The fourth-order valence-electron chi connectivity index (χ4n) is 1.97. The Morgan fingerprint density at radius 3 is 2.18 bits per heavy atom. The minimum Gasteiger partial charge on any atom is -0.303 e. The van der Waals surface area contributed by atoms with E-state index in [9.17, 15) is 4.79 Å². The van der Waals surface area contributed by atoms with Crippen LogP contribution in [0.15, 0.2) is 24.3 Å². The van der Waals surface area contributed by atoms with Crippen molar-refractivity contribution in [3.05, 3.63) is 35.4 Å². The van der Waals surface area contributed by atoms with Crippen LogP contribution in [0, 0.1) is 5.41 Å². The summed E-state index contributed by atoms with van der Waals surface area (Å²) < 4.78 is 0. The predicted octanol–water partition coefficient (Wildman–Crippen LogP) is 4.19. The molecule has 0 saturated heterocycles. The van der Waals surface area contributed by atoms with Crippen LogP contribution in [-0.4, -0.2) is 6.29 Å². The van der Waals surface area contributed by atoms with Crippen molar-refractivity contribution in [3.63, 3.8) is 0 Å². The fraction of sp³-hybridized carbons (Fsp3) is 0.562. The van der Waals surface area contributed by atoms with Gasteiger partial charge in [-0.3, -0.25) is 0 Å². The van der Waals surface area contributed by atoms with E-state index in [1.165, 1.54) is 36.8 Å². The molecule has 1 nitrogen and oxygen atoms in total. The summed E-state index contributed by atoms with van der Waals surface area (Å²) in [7, 11) is 0. The summed E-state index contributed by atoms with van der Waals surface area (Å²) in [5.74, 6) is 0. The van der Waals surface area contributed by atoms with Gasteiger partial charge in [0, 0.05) is 5.41 Å². The van der Waals surface area contributed by atoms with Crippen molar-refractivity contribution in [2.24, 2.45) is 5.41 Å². The molecule has 0 N–H and O–H groups in total. The summed E-state index contributed by atoms with van der Waals surface area (Å²) in [6.07, 6.45) is 6.89. The van der Waals surface area contributed by atoms with Crippen molar-refractivity contribution in [2.45, 2.75) is 52.9 Å². The van der Waals surface area contributed by atoms with Crippen LogP contribution in [0.5, 0.6) is 0 Å². The standard InChI is InChI=1S/C16H24O/c1-4-5-6-7-14-8-10-15(11-9-14)12-16(2,3)13-17/h8-11,13H,4-7,12H2,1-3H3. The molecule has 1 aromatic carbocycles. The van der Waals surface area contributed by atoms with E-state index in [4.69, 9.17) is 0 Å². The molecule has 0 bridgehead atoms. The molecule has 0 spiro atoms. The van der Waals surface area contributed by atoms with Gasteiger partial charge in [0.15, 0.2) is 0 Å². The van der Waals surface area contributed by atoms with Gasteiger partial charge >= 0.3 is 0 Å². The van der Waals surface area contributed by atoms with E-state index in [2.05, 4.69) is 31.2 Å². The number of carbonyl (C=O) groups excluding carboxylic acids is 1. The quantitative estimate of drug-likeness (QED) is 0.509. The van der Waals surface area contributed by atoms with Crippen molar-refractivity contribution >= 4 is 6.29 Å². The summed E-state index contributed by atoms with van der Waals surface area (Å²) in [5.41, 5.74) is 2.41. The number of aldehydes is 1. The van der Waals surface area contributed by atoms with Crippen LogP contribution in [0.3, 0.4) is 0 Å². The second-order valence-corrected chi connectivity index (χ2v) is 5.56. The SMILES string of the molecule is CCCCCc1ccc(CC(C)(C)C=O)cc1. The smallest absolute Gasteiger partial charge is 0.125 e. The molecule has 1 aromatic rings. The zero-order valence-electron chi connectivity index (χ0n) is 11.3. The van der Waals surface area contributed by atoms with Gasteiger partial charge < -0.3 is 4.79 Å². The first kappa shape index (κ1) is 14.0. The molecule has 17 heavy (non-hydrogen) atoms. The number of hydrogen-bond acceptors (Lipinski definition) is 1. The maximum absolute atomic E-state index is 10.9. The van der Waals surface area contributed by atoms with E-state index in [0.29, 0.717) is 0 Å². The van der Waals surface area contributed by atoms with Crippen molar-refractivity contribution in [1.29, 1.82) is 0 Å². The van der Waals surface area contributed by atoms with Crippen molar-refractivity contribution in [1.82, 2.24) is 0 Å². The lowest BCUT2D eigenvalue weighted by Gasteiger charge is -2.16. The highest BCUT2D eigenvalue weighted by molar-refractivity contribution is 5.58. The Balaban J connectivity index is 2.53. The molecular weight excluding hydrogens is 208 g/mol. The van der Waals surface area contributed by atoms with Crippen LogP contribution < -0.4 is 0 Å². The topological polar surface area (TPSA) is 17.1 Å². The molecule has 0 heterocycles. The lowest BCUT2D eigenvalue weighted by atomic mass is 9.87. The molecule has 0 radical (unpaired) electrons. The number of unbranched alkanes of at least 4 members (excludes halogenated alkanes) is 2. The van der Waals surface area contributed by atoms with Crippen LogP contribution >= 0.6 is 0 Å². The molecule has 1 rings (SSSR count). The molecule has 94 valence electrons. The van der Waals surface area contributed by atoms with Crippen LogP contribution in [0.25, 0.3) is 0 Å². The maximum atomic E-state index is 10.9. The summed E-state index contributed by atoms with van der Waals surface area (Å²) in [6.45, 7) is 6.19. The number of carbonyl (C=O) groups is 1. The van der Waals surface area contributed by atoms with Gasteiger partial charge in [0.1, 0.15) is 6.29 Å². The Bertz CT molecular complexity index is 335. The number of hydrogen-bond donors (Lipinski definition) is 0. The second kappa shape index (κ2) is 6.58. The average Bonchev–Trinajstić information content (AvgIpc) is 2.31. The van der Waals surface area contributed by atoms with Gasteiger partial charge in [-0.15, -0.1) is 0 Å². The van der Waals surface area contributed by atoms with Gasteiger partial charge in [0.05, 0.1) is 0 Å². The molecule has 0 amide bonds. The Hall–Kier alpha value is -1.11. The number of benzene rings is 1. The largest absolute Gasteiger partial charge is 0.303 e. The van der Waals surface area contributed by atoms with Crippen LogP contribution in [0.4, 0.5) is 0 Å². The van der Waals surface area contributed by atoms with E-state index in [0.717, 1.165) is 12.7 Å². The Morgan fingerprint density at radius 2 is 1.65 bits per heavy atom. The van der Waals surface area contributed by atoms with Crippen LogP contribution in [-0.2, 0) is 17.6 Å². The molecule has 0 aliphatic carbocycles. The molecule has 0 aromatic heterocycles. The minimum absolute atomic E-state index is 0.246. The van der Waals surface area contributed by atoms with Gasteiger partial charge in [0.2, 0.25) is 0 Å².